The molecule has 0 spiro atoms. The normalized spacial score (nSPS) is 11.5. The Labute approximate surface area is 204 Å². The number of hydrogen-bond donors (Lipinski definition) is 1. The minimum absolute atomic E-state index is 0.180. The van der Waals surface area contributed by atoms with Crippen molar-refractivity contribution in [3.8, 4) is 5.75 Å². The van der Waals surface area contributed by atoms with Gasteiger partial charge in [0.1, 0.15) is 16.9 Å². The molecule has 0 atom stereocenters. The van der Waals surface area contributed by atoms with E-state index in [0.717, 1.165) is 27.5 Å². The van der Waals surface area contributed by atoms with Gasteiger partial charge in [-0.25, -0.2) is 0 Å². The van der Waals surface area contributed by atoms with Gasteiger partial charge in [-0.05, 0) is 31.4 Å². The molecule has 0 saturated heterocycles. The van der Waals surface area contributed by atoms with Gasteiger partial charge in [-0.15, -0.1) is 0 Å². The zero-order chi connectivity index (χ0) is 25.0. The second kappa shape index (κ2) is 10.2. The summed E-state index contributed by atoms with van der Waals surface area (Å²) in [5.74, 6) is 0.227. The van der Waals surface area contributed by atoms with Gasteiger partial charge in [0, 0.05) is 36.5 Å². The lowest BCUT2D eigenvalue weighted by molar-refractivity contribution is -0.130. The standard InChI is InChI=1S/C28H30N2O5/c1-28(2,27(32)29-18-21-14-13-19-9-5-7-11-22(19)25(21)34-4)30(15-16-33-3)26(31)24-17-20-10-6-8-12-23(20)35-24/h5-14,17H,15-16,18H2,1-4H3,(H,29,32). The van der Waals surface area contributed by atoms with E-state index in [1.807, 2.05) is 54.6 Å². The van der Waals surface area contributed by atoms with Gasteiger partial charge in [-0.3, -0.25) is 9.59 Å². The Balaban J connectivity index is 1.56. The summed E-state index contributed by atoms with van der Waals surface area (Å²) < 4.78 is 16.7. The highest BCUT2D eigenvalue weighted by Crippen LogP contribution is 2.30. The number of benzene rings is 3. The molecule has 0 fully saturated rings. The first-order valence-corrected chi connectivity index (χ1v) is 11.5. The number of para-hydroxylation sites is 1. The molecule has 4 rings (SSSR count). The van der Waals surface area contributed by atoms with Crippen molar-refractivity contribution in [1.82, 2.24) is 10.2 Å². The van der Waals surface area contributed by atoms with Crippen molar-refractivity contribution in [2.75, 3.05) is 27.4 Å². The van der Waals surface area contributed by atoms with E-state index in [4.69, 9.17) is 13.9 Å². The highest BCUT2D eigenvalue weighted by Gasteiger charge is 2.39. The van der Waals surface area contributed by atoms with Gasteiger partial charge >= 0.3 is 0 Å². The molecule has 3 aromatic carbocycles. The Kier molecular flexibility index (Phi) is 7.07. The zero-order valence-electron chi connectivity index (χ0n) is 20.5. The van der Waals surface area contributed by atoms with Gasteiger partial charge < -0.3 is 24.1 Å². The molecule has 2 amide bonds. The third-order valence-electron chi connectivity index (χ3n) is 6.24. The SMILES string of the molecule is COCCN(C(=O)c1cc2ccccc2o1)C(C)(C)C(=O)NCc1ccc2ccccc2c1OC. The number of hydrogen-bond acceptors (Lipinski definition) is 5. The smallest absolute Gasteiger partial charge is 0.290 e. The Hall–Kier alpha value is -3.84. The minimum Gasteiger partial charge on any atom is -0.496 e. The average Bonchev–Trinajstić information content (AvgIpc) is 3.31. The topological polar surface area (TPSA) is 81.0 Å². The number of carbonyl (C=O) groups excluding carboxylic acids is 2. The number of methoxy groups -OCH3 is 2. The first-order chi connectivity index (χ1) is 16.9. The van der Waals surface area contributed by atoms with E-state index in [9.17, 15) is 9.59 Å². The molecular formula is C28H30N2O5. The molecule has 1 heterocycles. The molecule has 1 N–H and O–H groups in total. The molecule has 0 aliphatic carbocycles. The van der Waals surface area contributed by atoms with Gasteiger partial charge in [-0.2, -0.15) is 0 Å². The number of ether oxygens (including phenoxy) is 2. The molecule has 0 saturated carbocycles. The maximum absolute atomic E-state index is 13.5. The quantitative estimate of drug-likeness (QED) is 0.378. The van der Waals surface area contributed by atoms with Crippen LogP contribution in [0.3, 0.4) is 0 Å². The molecule has 182 valence electrons. The van der Waals surface area contributed by atoms with Crippen molar-refractivity contribution in [2.45, 2.75) is 25.9 Å². The van der Waals surface area contributed by atoms with E-state index >= 15 is 0 Å². The van der Waals surface area contributed by atoms with Gasteiger partial charge in [0.25, 0.3) is 5.91 Å². The number of nitrogens with zero attached hydrogens (tertiary/aromatic N) is 1. The molecular weight excluding hydrogens is 444 g/mol. The predicted octanol–water partition coefficient (Wildman–Crippen LogP) is 4.78. The van der Waals surface area contributed by atoms with Crippen LogP contribution in [0.25, 0.3) is 21.7 Å². The largest absolute Gasteiger partial charge is 0.496 e. The highest BCUT2D eigenvalue weighted by atomic mass is 16.5. The van der Waals surface area contributed by atoms with Crippen LogP contribution in [0.1, 0.15) is 30.0 Å². The maximum atomic E-state index is 13.5. The van der Waals surface area contributed by atoms with Crippen LogP contribution < -0.4 is 10.1 Å². The summed E-state index contributed by atoms with van der Waals surface area (Å²) in [6.45, 7) is 4.20. The van der Waals surface area contributed by atoms with Gasteiger partial charge in [0.2, 0.25) is 5.91 Å². The van der Waals surface area contributed by atoms with Crippen molar-refractivity contribution in [3.05, 3.63) is 78.1 Å². The number of fused-ring (bicyclic) bond motifs is 2. The first kappa shape index (κ1) is 24.3. The summed E-state index contributed by atoms with van der Waals surface area (Å²) in [7, 11) is 3.18. The molecule has 0 aliphatic rings. The number of amides is 2. The van der Waals surface area contributed by atoms with E-state index in [-0.39, 0.29) is 37.3 Å². The third-order valence-corrected chi connectivity index (χ3v) is 6.24. The summed E-state index contributed by atoms with van der Waals surface area (Å²) in [5, 5.41) is 5.84. The monoisotopic (exact) mass is 474 g/mol. The molecule has 0 radical (unpaired) electrons. The maximum Gasteiger partial charge on any atom is 0.290 e. The van der Waals surface area contributed by atoms with Crippen molar-refractivity contribution >= 4 is 33.6 Å². The Morgan fingerprint density at radius 2 is 1.69 bits per heavy atom. The molecule has 7 heteroatoms. The summed E-state index contributed by atoms with van der Waals surface area (Å²) >= 11 is 0. The molecule has 0 unspecified atom stereocenters. The Bertz CT molecular complexity index is 1320. The lowest BCUT2D eigenvalue weighted by Crippen LogP contribution is -2.57. The highest BCUT2D eigenvalue weighted by molar-refractivity contribution is 6.00. The second-order valence-electron chi connectivity index (χ2n) is 8.82. The van der Waals surface area contributed by atoms with Gasteiger partial charge in [0.15, 0.2) is 5.76 Å². The van der Waals surface area contributed by atoms with Gasteiger partial charge in [0.05, 0.1) is 13.7 Å². The Morgan fingerprint density at radius 3 is 2.40 bits per heavy atom. The van der Waals surface area contributed by atoms with Crippen LogP contribution in [0.15, 0.2) is 71.1 Å². The lowest BCUT2D eigenvalue weighted by Gasteiger charge is -2.36. The van der Waals surface area contributed by atoms with Crippen molar-refractivity contribution < 1.29 is 23.5 Å². The summed E-state index contributed by atoms with van der Waals surface area (Å²) in [4.78, 5) is 28.4. The van der Waals surface area contributed by atoms with Crippen molar-refractivity contribution in [2.24, 2.45) is 0 Å². The number of furan rings is 1. The molecule has 35 heavy (non-hydrogen) atoms. The van der Waals surface area contributed by atoms with E-state index in [1.165, 1.54) is 4.90 Å². The number of carbonyl (C=O) groups is 2. The lowest BCUT2D eigenvalue weighted by atomic mass is 10.00. The molecule has 1 aromatic heterocycles. The molecule has 0 bridgehead atoms. The van der Waals surface area contributed by atoms with E-state index in [2.05, 4.69) is 5.32 Å². The van der Waals surface area contributed by atoms with E-state index in [0.29, 0.717) is 5.58 Å². The fourth-order valence-electron chi connectivity index (χ4n) is 4.22. The first-order valence-electron chi connectivity index (χ1n) is 11.5. The fourth-order valence-corrected chi connectivity index (χ4v) is 4.22. The predicted molar refractivity (Wildman–Crippen MR) is 136 cm³/mol. The zero-order valence-corrected chi connectivity index (χ0v) is 20.5. The van der Waals surface area contributed by atoms with Crippen molar-refractivity contribution in [3.63, 3.8) is 0 Å². The number of rotatable bonds is 9. The minimum atomic E-state index is -1.17. The number of nitrogens with one attached hydrogen (secondary N) is 1. The van der Waals surface area contributed by atoms with Gasteiger partial charge in [-0.1, -0.05) is 54.6 Å². The van der Waals surface area contributed by atoms with Crippen LogP contribution >= 0.6 is 0 Å². The fraction of sp³-hybridized carbons (Fsp3) is 0.286. The molecule has 0 aliphatic heterocycles. The molecule has 7 nitrogen and oxygen atoms in total. The van der Waals surface area contributed by atoms with E-state index in [1.54, 1.807) is 40.2 Å². The van der Waals surface area contributed by atoms with Crippen LogP contribution in [0.5, 0.6) is 5.75 Å². The molecule has 4 aromatic rings. The van der Waals surface area contributed by atoms with Crippen LogP contribution in [-0.4, -0.2) is 49.6 Å². The average molecular weight is 475 g/mol. The summed E-state index contributed by atoms with van der Waals surface area (Å²) in [5.41, 5.74) is 0.300. The van der Waals surface area contributed by atoms with E-state index < -0.39 is 5.54 Å². The van der Waals surface area contributed by atoms with Crippen LogP contribution in [-0.2, 0) is 16.1 Å². The Morgan fingerprint density at radius 1 is 0.971 bits per heavy atom. The summed E-state index contributed by atoms with van der Waals surface area (Å²) in [6, 6.07) is 21.0. The summed E-state index contributed by atoms with van der Waals surface area (Å²) in [6.07, 6.45) is 0. The second-order valence-corrected chi connectivity index (χ2v) is 8.82. The van der Waals surface area contributed by atoms with Crippen LogP contribution in [0, 0.1) is 0 Å². The van der Waals surface area contributed by atoms with Crippen LogP contribution in [0.4, 0.5) is 0 Å². The third kappa shape index (κ3) is 4.86. The van der Waals surface area contributed by atoms with Crippen molar-refractivity contribution in [1.29, 1.82) is 0 Å². The van der Waals surface area contributed by atoms with Crippen LogP contribution in [0.2, 0.25) is 0 Å².